The van der Waals surface area contributed by atoms with E-state index in [4.69, 9.17) is 20.6 Å². The number of hydrogen-bond donors (Lipinski definition) is 2. The van der Waals surface area contributed by atoms with Gasteiger partial charge in [-0.1, -0.05) is 12.1 Å². The number of ether oxygens (including phenoxy) is 1. The maximum absolute atomic E-state index is 12.1. The molecule has 0 spiro atoms. The van der Waals surface area contributed by atoms with Crippen molar-refractivity contribution in [1.29, 1.82) is 0 Å². The van der Waals surface area contributed by atoms with E-state index in [1.807, 2.05) is 13.0 Å². The summed E-state index contributed by atoms with van der Waals surface area (Å²) < 4.78 is 11.6. The minimum Gasteiger partial charge on any atom is -0.490 e. The Morgan fingerprint density at radius 3 is 2.72 bits per heavy atom. The number of primary amides is 2. The molecule has 4 rings (SSSR count). The van der Waals surface area contributed by atoms with E-state index < -0.39 is 11.8 Å². The number of nitrogens with two attached hydrogens (primary N) is 2. The Bertz CT molecular complexity index is 1190. The van der Waals surface area contributed by atoms with E-state index in [2.05, 4.69) is 4.99 Å². The van der Waals surface area contributed by atoms with E-state index in [-0.39, 0.29) is 11.1 Å². The van der Waals surface area contributed by atoms with Gasteiger partial charge in [0.2, 0.25) is 5.55 Å². The average molecular weight is 411 g/mol. The van der Waals surface area contributed by atoms with Gasteiger partial charge in [-0.05, 0) is 50.3 Å². The number of para-hydroxylation sites is 1. The summed E-state index contributed by atoms with van der Waals surface area (Å²) in [5.41, 5.74) is 13.2. The zero-order valence-electron chi connectivity index (χ0n) is 16.0. The molecule has 4 N–H and O–H groups in total. The number of fused-ring (bicyclic) bond motifs is 2. The van der Waals surface area contributed by atoms with Crippen molar-refractivity contribution in [3.63, 3.8) is 0 Å². The number of carbonyl (C=O) groups excluding carboxylic acids is 2. The first-order chi connectivity index (χ1) is 14.0. The van der Waals surface area contributed by atoms with Gasteiger partial charge in [0.05, 0.1) is 12.2 Å². The molecule has 2 heterocycles. The fourth-order valence-corrected chi connectivity index (χ4v) is 4.89. The second kappa shape index (κ2) is 7.71. The molecule has 1 aromatic carbocycles. The molecule has 2 aromatic heterocycles. The number of hydrogen-bond acceptors (Lipinski definition) is 6. The first-order valence-electron chi connectivity index (χ1n) is 9.48. The highest BCUT2D eigenvalue weighted by Crippen LogP contribution is 2.39. The highest BCUT2D eigenvalue weighted by molar-refractivity contribution is 7.16. The van der Waals surface area contributed by atoms with Crippen LogP contribution in [0.3, 0.4) is 0 Å². The lowest BCUT2D eigenvalue weighted by Crippen LogP contribution is -2.22. The van der Waals surface area contributed by atoms with Crippen LogP contribution in [-0.2, 0) is 12.8 Å². The normalized spacial score (nSPS) is 14.0. The summed E-state index contributed by atoms with van der Waals surface area (Å²) >= 11 is 1.41. The summed E-state index contributed by atoms with van der Waals surface area (Å²) in [6.45, 7) is 2.33. The van der Waals surface area contributed by atoms with Crippen molar-refractivity contribution in [2.24, 2.45) is 16.5 Å². The summed E-state index contributed by atoms with van der Waals surface area (Å²) in [4.78, 5) is 29.9. The van der Waals surface area contributed by atoms with Crippen LogP contribution >= 0.6 is 11.3 Å². The predicted molar refractivity (Wildman–Crippen MR) is 111 cm³/mol. The number of carbonyl (C=O) groups is 2. The molecule has 3 aromatic rings. The number of nitrogens with zero attached hydrogens (tertiary/aromatic N) is 1. The second-order valence-electron chi connectivity index (χ2n) is 6.80. The lowest BCUT2D eigenvalue weighted by molar-refractivity contribution is 0.0990. The monoisotopic (exact) mass is 411 g/mol. The molecule has 0 fully saturated rings. The maximum Gasteiger partial charge on any atom is 0.254 e. The van der Waals surface area contributed by atoms with Gasteiger partial charge in [-0.15, -0.1) is 11.3 Å². The molecule has 0 unspecified atom stereocenters. The molecule has 0 saturated carbocycles. The standard InChI is InChI=1S/C21H21N3O4S/c1-2-27-14-8-5-6-11-10-13(18(22)25)20(28-17(11)14)24-21-16(19(23)26)12-7-3-4-9-15(12)29-21/h5-6,8,10H,2-4,7,9H2,1H3,(H2,22,25)(H2,23,26). The van der Waals surface area contributed by atoms with Gasteiger partial charge in [-0.25, -0.2) is 4.99 Å². The van der Waals surface area contributed by atoms with Crippen molar-refractivity contribution in [3.05, 3.63) is 51.4 Å². The molecule has 8 heteroatoms. The quantitative estimate of drug-likeness (QED) is 0.669. The van der Waals surface area contributed by atoms with Gasteiger partial charge in [-0.3, -0.25) is 9.59 Å². The van der Waals surface area contributed by atoms with E-state index in [1.54, 1.807) is 18.2 Å². The van der Waals surface area contributed by atoms with Gasteiger partial charge >= 0.3 is 0 Å². The van der Waals surface area contributed by atoms with E-state index in [1.165, 1.54) is 11.3 Å². The molecule has 0 atom stereocenters. The number of rotatable bonds is 5. The summed E-state index contributed by atoms with van der Waals surface area (Å²) in [7, 11) is 0. The first kappa shape index (κ1) is 19.2. The van der Waals surface area contributed by atoms with E-state index >= 15 is 0 Å². The van der Waals surface area contributed by atoms with Gasteiger partial charge in [0.25, 0.3) is 11.8 Å². The number of thiophene rings is 1. The van der Waals surface area contributed by atoms with Crippen molar-refractivity contribution in [2.75, 3.05) is 6.61 Å². The molecule has 2 amide bonds. The largest absolute Gasteiger partial charge is 0.490 e. The highest BCUT2D eigenvalue weighted by Gasteiger charge is 2.24. The van der Waals surface area contributed by atoms with Crippen LogP contribution in [-0.4, -0.2) is 18.4 Å². The Balaban J connectivity index is 2.00. The minimum absolute atomic E-state index is 0.0400. The molecule has 1 aliphatic carbocycles. The number of benzene rings is 1. The smallest absolute Gasteiger partial charge is 0.254 e. The van der Waals surface area contributed by atoms with Crippen LogP contribution in [0.2, 0.25) is 0 Å². The SMILES string of the molecule is CCOc1cccc2cc(C(N)=O)c(=Nc3sc4c(c3C(N)=O)CCCC4)oc12. The average Bonchev–Trinajstić information content (AvgIpc) is 3.06. The van der Waals surface area contributed by atoms with E-state index in [9.17, 15) is 9.59 Å². The van der Waals surface area contributed by atoms with Gasteiger partial charge < -0.3 is 20.6 Å². The lowest BCUT2D eigenvalue weighted by atomic mass is 9.95. The van der Waals surface area contributed by atoms with Crippen LogP contribution in [0.15, 0.2) is 33.7 Å². The van der Waals surface area contributed by atoms with E-state index in [0.29, 0.717) is 33.9 Å². The third-order valence-corrected chi connectivity index (χ3v) is 6.09. The molecular weight excluding hydrogens is 390 g/mol. The third-order valence-electron chi connectivity index (χ3n) is 4.91. The molecule has 0 bridgehead atoms. The van der Waals surface area contributed by atoms with Crippen LogP contribution in [0.5, 0.6) is 5.75 Å². The highest BCUT2D eigenvalue weighted by atomic mass is 32.1. The van der Waals surface area contributed by atoms with Crippen molar-refractivity contribution < 1.29 is 18.7 Å². The number of amides is 2. The minimum atomic E-state index is -0.668. The molecule has 0 radical (unpaired) electrons. The van der Waals surface area contributed by atoms with Crippen molar-refractivity contribution in [1.82, 2.24) is 0 Å². The molecule has 7 nitrogen and oxygen atoms in total. The van der Waals surface area contributed by atoms with Crippen LogP contribution in [0.25, 0.3) is 11.0 Å². The molecule has 1 aliphatic rings. The summed E-state index contributed by atoms with van der Waals surface area (Å²) in [5, 5.41) is 1.12. The molecule has 0 saturated heterocycles. The van der Waals surface area contributed by atoms with Crippen molar-refractivity contribution in [2.45, 2.75) is 32.6 Å². The Morgan fingerprint density at radius 2 is 2.00 bits per heavy atom. The van der Waals surface area contributed by atoms with Crippen molar-refractivity contribution >= 4 is 39.1 Å². The van der Waals surface area contributed by atoms with Gasteiger partial charge in [0.1, 0.15) is 10.6 Å². The van der Waals surface area contributed by atoms with Crippen LogP contribution < -0.4 is 21.8 Å². The first-order valence-corrected chi connectivity index (χ1v) is 10.3. The summed E-state index contributed by atoms with van der Waals surface area (Å²) in [5.74, 6) is -0.657. The van der Waals surface area contributed by atoms with Crippen LogP contribution in [0.1, 0.15) is 50.9 Å². The molecule has 29 heavy (non-hydrogen) atoms. The summed E-state index contributed by atoms with van der Waals surface area (Å²) in [6, 6.07) is 7.01. The zero-order valence-corrected chi connectivity index (χ0v) is 16.8. The molecular formula is C21H21N3O4S. The Morgan fingerprint density at radius 1 is 1.21 bits per heavy atom. The Kier molecular flexibility index (Phi) is 5.10. The number of aryl methyl sites for hydroxylation is 1. The Labute approximate surface area is 171 Å². The second-order valence-corrected chi connectivity index (χ2v) is 7.89. The van der Waals surface area contributed by atoms with Gasteiger partial charge in [0.15, 0.2) is 11.3 Å². The lowest BCUT2D eigenvalue weighted by Gasteiger charge is -2.10. The van der Waals surface area contributed by atoms with Gasteiger partial charge in [0, 0.05) is 10.3 Å². The fraction of sp³-hybridized carbons (Fsp3) is 0.286. The molecule has 0 aliphatic heterocycles. The Hall–Kier alpha value is -3.13. The predicted octanol–water partition coefficient (Wildman–Crippen LogP) is 3.20. The van der Waals surface area contributed by atoms with Crippen LogP contribution in [0, 0.1) is 0 Å². The van der Waals surface area contributed by atoms with Crippen LogP contribution in [0.4, 0.5) is 5.00 Å². The zero-order chi connectivity index (χ0) is 20.5. The topological polar surface area (TPSA) is 121 Å². The third kappa shape index (κ3) is 3.51. The van der Waals surface area contributed by atoms with Gasteiger partial charge in [-0.2, -0.15) is 0 Å². The summed E-state index contributed by atoms with van der Waals surface area (Å²) in [6.07, 6.45) is 3.76. The van der Waals surface area contributed by atoms with Crippen molar-refractivity contribution in [3.8, 4) is 5.75 Å². The van der Waals surface area contributed by atoms with E-state index in [0.717, 1.165) is 36.1 Å². The molecule has 150 valence electrons. The maximum atomic E-state index is 12.1. The fourth-order valence-electron chi connectivity index (χ4n) is 3.63.